The van der Waals surface area contributed by atoms with Crippen LogP contribution < -0.4 is 5.73 Å². The summed E-state index contributed by atoms with van der Waals surface area (Å²) >= 11 is 3.90. The lowest BCUT2D eigenvalue weighted by molar-refractivity contribution is -0.0112. The van der Waals surface area contributed by atoms with Crippen LogP contribution in [0.15, 0.2) is 16.8 Å². The summed E-state index contributed by atoms with van der Waals surface area (Å²) < 4.78 is 0. The summed E-state index contributed by atoms with van der Waals surface area (Å²) in [6.45, 7) is 6.73. The highest BCUT2D eigenvalue weighted by Crippen LogP contribution is 2.49. The topological polar surface area (TPSA) is 29.3 Å². The summed E-state index contributed by atoms with van der Waals surface area (Å²) in [6.07, 6.45) is 3.99. The van der Waals surface area contributed by atoms with E-state index < -0.39 is 0 Å². The van der Waals surface area contributed by atoms with Crippen LogP contribution in [0.3, 0.4) is 0 Å². The minimum Gasteiger partial charge on any atom is -0.329 e. The molecule has 1 saturated heterocycles. The van der Waals surface area contributed by atoms with Crippen LogP contribution in [0.2, 0.25) is 0 Å². The van der Waals surface area contributed by atoms with E-state index in [0.717, 1.165) is 19.1 Å². The molecule has 3 rings (SSSR count). The lowest BCUT2D eigenvalue weighted by atomic mass is 9.69. The zero-order valence-electron chi connectivity index (χ0n) is 12.6. The van der Waals surface area contributed by atoms with Crippen LogP contribution in [0.1, 0.15) is 38.7 Å². The van der Waals surface area contributed by atoms with Crippen LogP contribution in [0.5, 0.6) is 0 Å². The SMILES string of the molecule is CC1(C)CCSCC1(CN)N(Cc1ccsc1)C1CC1. The second-order valence-corrected chi connectivity index (χ2v) is 8.80. The third kappa shape index (κ3) is 2.56. The molecule has 2 nitrogen and oxygen atoms in total. The molecule has 1 saturated carbocycles. The Balaban J connectivity index is 1.90. The summed E-state index contributed by atoms with van der Waals surface area (Å²) in [7, 11) is 0. The molecular weight excluding hydrogens is 284 g/mol. The molecule has 1 atom stereocenters. The molecular formula is C16H26N2S2. The van der Waals surface area contributed by atoms with Gasteiger partial charge in [-0.1, -0.05) is 13.8 Å². The molecule has 1 unspecified atom stereocenters. The number of thiophene rings is 1. The molecule has 2 N–H and O–H groups in total. The van der Waals surface area contributed by atoms with Crippen molar-refractivity contribution in [2.75, 3.05) is 18.1 Å². The standard InChI is InChI=1S/C16H26N2S2/c1-15(2)6-8-20-12-16(15,11-17)18(14-3-4-14)9-13-5-7-19-10-13/h5,7,10,14H,3-4,6,8-9,11-12,17H2,1-2H3. The van der Waals surface area contributed by atoms with Gasteiger partial charge in [-0.2, -0.15) is 23.1 Å². The molecule has 0 bridgehead atoms. The molecule has 1 aliphatic carbocycles. The van der Waals surface area contributed by atoms with E-state index in [1.165, 1.54) is 36.3 Å². The highest BCUT2D eigenvalue weighted by atomic mass is 32.2. The molecule has 20 heavy (non-hydrogen) atoms. The Morgan fingerprint density at radius 3 is 2.75 bits per heavy atom. The lowest BCUT2D eigenvalue weighted by Gasteiger charge is -2.56. The number of nitrogens with zero attached hydrogens (tertiary/aromatic N) is 1. The zero-order chi connectivity index (χ0) is 14.2. The minimum atomic E-state index is 0.166. The van der Waals surface area contributed by atoms with Gasteiger partial charge in [-0.15, -0.1) is 0 Å². The summed E-state index contributed by atoms with van der Waals surface area (Å²) in [5, 5.41) is 4.48. The Morgan fingerprint density at radius 1 is 1.40 bits per heavy atom. The molecule has 2 heterocycles. The summed E-state index contributed by atoms with van der Waals surface area (Å²) in [5.74, 6) is 2.48. The summed E-state index contributed by atoms with van der Waals surface area (Å²) in [6, 6.07) is 3.03. The Kier molecular flexibility index (Phi) is 4.20. The molecule has 112 valence electrons. The molecule has 0 spiro atoms. The third-order valence-electron chi connectivity index (χ3n) is 5.28. The van der Waals surface area contributed by atoms with Crippen LogP contribution in [0.4, 0.5) is 0 Å². The second-order valence-electron chi connectivity index (χ2n) is 6.91. The van der Waals surface area contributed by atoms with Crippen molar-refractivity contribution in [1.29, 1.82) is 0 Å². The second kappa shape index (κ2) is 5.64. The fourth-order valence-electron chi connectivity index (χ4n) is 3.52. The van der Waals surface area contributed by atoms with Crippen molar-refractivity contribution in [3.05, 3.63) is 22.4 Å². The van der Waals surface area contributed by atoms with Crippen molar-refractivity contribution in [3.8, 4) is 0 Å². The molecule has 0 radical (unpaired) electrons. The van der Waals surface area contributed by atoms with Crippen molar-refractivity contribution in [2.45, 2.75) is 51.2 Å². The van der Waals surface area contributed by atoms with Crippen molar-refractivity contribution in [2.24, 2.45) is 11.1 Å². The van der Waals surface area contributed by atoms with Crippen LogP contribution in [0, 0.1) is 5.41 Å². The first-order valence-corrected chi connectivity index (χ1v) is 9.74. The lowest BCUT2D eigenvalue weighted by Crippen LogP contribution is -2.66. The van der Waals surface area contributed by atoms with E-state index in [4.69, 9.17) is 5.73 Å². The largest absolute Gasteiger partial charge is 0.329 e. The van der Waals surface area contributed by atoms with Gasteiger partial charge in [-0.3, -0.25) is 4.90 Å². The Morgan fingerprint density at radius 2 is 2.20 bits per heavy atom. The average Bonchev–Trinajstić information content (AvgIpc) is 3.14. The van der Waals surface area contributed by atoms with E-state index in [0.29, 0.717) is 5.41 Å². The normalized spacial score (nSPS) is 29.8. The van der Waals surface area contributed by atoms with E-state index >= 15 is 0 Å². The van der Waals surface area contributed by atoms with Crippen molar-refractivity contribution >= 4 is 23.1 Å². The maximum absolute atomic E-state index is 6.36. The smallest absolute Gasteiger partial charge is 0.0479 e. The third-order valence-corrected chi connectivity index (χ3v) is 7.19. The number of hydrogen-bond donors (Lipinski definition) is 1. The van der Waals surface area contributed by atoms with Gasteiger partial charge < -0.3 is 5.73 Å². The van der Waals surface area contributed by atoms with E-state index in [2.05, 4.69) is 47.3 Å². The van der Waals surface area contributed by atoms with E-state index in [1.54, 1.807) is 11.3 Å². The first kappa shape index (κ1) is 14.9. The van der Waals surface area contributed by atoms with Gasteiger partial charge in [0.2, 0.25) is 0 Å². The Hall–Kier alpha value is -0.0300. The van der Waals surface area contributed by atoms with E-state index in [1.807, 2.05) is 0 Å². The molecule has 0 amide bonds. The summed E-state index contributed by atoms with van der Waals surface area (Å²) in [4.78, 5) is 2.77. The number of rotatable bonds is 5. The van der Waals surface area contributed by atoms with E-state index in [9.17, 15) is 0 Å². The minimum absolute atomic E-state index is 0.166. The van der Waals surface area contributed by atoms with Gasteiger partial charge in [-0.05, 0) is 52.8 Å². The Bertz CT molecular complexity index is 439. The van der Waals surface area contributed by atoms with Gasteiger partial charge in [0.05, 0.1) is 0 Å². The first-order valence-electron chi connectivity index (χ1n) is 7.65. The number of hydrogen-bond acceptors (Lipinski definition) is 4. The fraction of sp³-hybridized carbons (Fsp3) is 0.750. The fourth-order valence-corrected chi connectivity index (χ4v) is 5.99. The van der Waals surface area contributed by atoms with Gasteiger partial charge in [0.25, 0.3) is 0 Å². The van der Waals surface area contributed by atoms with Crippen molar-refractivity contribution in [1.82, 2.24) is 4.90 Å². The van der Waals surface area contributed by atoms with Crippen LogP contribution >= 0.6 is 23.1 Å². The highest BCUT2D eigenvalue weighted by molar-refractivity contribution is 7.99. The van der Waals surface area contributed by atoms with Gasteiger partial charge in [0, 0.05) is 30.4 Å². The van der Waals surface area contributed by atoms with Gasteiger partial charge in [0.1, 0.15) is 0 Å². The zero-order valence-corrected chi connectivity index (χ0v) is 14.2. The van der Waals surface area contributed by atoms with Gasteiger partial charge in [-0.25, -0.2) is 0 Å². The molecule has 1 aromatic rings. The number of nitrogens with two attached hydrogens (primary N) is 1. The molecule has 1 aliphatic heterocycles. The molecule has 4 heteroatoms. The number of thioether (sulfide) groups is 1. The maximum atomic E-state index is 6.36. The summed E-state index contributed by atoms with van der Waals surface area (Å²) in [5.41, 5.74) is 8.29. The van der Waals surface area contributed by atoms with Gasteiger partial charge >= 0.3 is 0 Å². The average molecular weight is 311 g/mol. The van der Waals surface area contributed by atoms with Crippen molar-refractivity contribution in [3.63, 3.8) is 0 Å². The van der Waals surface area contributed by atoms with Crippen molar-refractivity contribution < 1.29 is 0 Å². The quantitative estimate of drug-likeness (QED) is 0.901. The van der Waals surface area contributed by atoms with Gasteiger partial charge in [0.15, 0.2) is 0 Å². The first-order chi connectivity index (χ1) is 9.59. The molecule has 1 aromatic heterocycles. The highest BCUT2D eigenvalue weighted by Gasteiger charge is 2.53. The Labute approximate surface area is 131 Å². The van der Waals surface area contributed by atoms with E-state index in [-0.39, 0.29) is 5.54 Å². The molecule has 2 fully saturated rings. The molecule has 2 aliphatic rings. The monoisotopic (exact) mass is 310 g/mol. The molecule has 0 aromatic carbocycles. The van der Waals surface area contributed by atoms with Crippen LogP contribution in [-0.2, 0) is 6.54 Å². The maximum Gasteiger partial charge on any atom is 0.0479 e. The van der Waals surface area contributed by atoms with Crippen LogP contribution in [-0.4, -0.2) is 34.5 Å². The predicted molar refractivity (Wildman–Crippen MR) is 90.4 cm³/mol. The van der Waals surface area contributed by atoms with Crippen LogP contribution in [0.25, 0.3) is 0 Å². The predicted octanol–water partition coefficient (Wildman–Crippen LogP) is 3.57.